The van der Waals surface area contributed by atoms with Crippen LogP contribution in [0.1, 0.15) is 27.2 Å². The van der Waals surface area contributed by atoms with Gasteiger partial charge in [-0.3, -0.25) is 9.69 Å². The highest BCUT2D eigenvalue weighted by Crippen LogP contribution is 2.65. The van der Waals surface area contributed by atoms with E-state index in [1.807, 2.05) is 66.7 Å². The Morgan fingerprint density at radius 3 is 1.63 bits per heavy atom. The topological polar surface area (TPSA) is 60.8 Å². The van der Waals surface area contributed by atoms with Gasteiger partial charge in [0.15, 0.2) is 5.78 Å². The molecule has 3 saturated heterocycles. The lowest BCUT2D eigenvalue weighted by atomic mass is 9.58. The normalized spacial score (nSPS) is 33.4. The number of rotatable bonds is 4. The van der Waals surface area contributed by atoms with Crippen molar-refractivity contribution in [3.63, 3.8) is 0 Å². The number of carbonyl (C=O) groups excluding carboxylic acids is 1. The predicted octanol–water partition coefficient (Wildman–Crippen LogP) is 6.05. The number of benzene rings is 3. The van der Waals surface area contributed by atoms with Gasteiger partial charge in [0.05, 0.1) is 23.0 Å². The minimum Gasteiger partial charge on any atom is -0.391 e. The maximum Gasteiger partial charge on any atom is 0.155 e. The summed E-state index contributed by atoms with van der Waals surface area (Å²) in [5, 5.41) is 24.1. The molecule has 2 N–H and O–H groups in total. The van der Waals surface area contributed by atoms with Crippen molar-refractivity contribution < 1.29 is 15.0 Å². The Morgan fingerprint density at radius 1 is 0.737 bits per heavy atom. The molecular weight excluding hydrogens is 557 g/mol. The van der Waals surface area contributed by atoms with Crippen molar-refractivity contribution in [2.24, 2.45) is 10.8 Å². The summed E-state index contributed by atoms with van der Waals surface area (Å²) < 4.78 is 0. The Kier molecular flexibility index (Phi) is 7.36. The zero-order valence-electron chi connectivity index (χ0n) is 20.7. The molecule has 0 amide bonds. The van der Waals surface area contributed by atoms with Crippen molar-refractivity contribution in [3.8, 4) is 0 Å². The number of piperidine rings is 1. The Labute approximate surface area is 241 Å². The average molecular weight is 587 g/mol. The van der Waals surface area contributed by atoms with Crippen LogP contribution in [-0.2, 0) is 11.3 Å². The summed E-state index contributed by atoms with van der Waals surface area (Å²) in [5.41, 5.74) is 0.955. The van der Waals surface area contributed by atoms with Crippen molar-refractivity contribution in [2.45, 2.75) is 29.3 Å². The molecule has 3 aliphatic heterocycles. The summed E-state index contributed by atoms with van der Waals surface area (Å²) in [6.07, 6.45) is -1.67. The van der Waals surface area contributed by atoms with Gasteiger partial charge in [-0.05, 0) is 41.0 Å². The van der Waals surface area contributed by atoms with Crippen molar-refractivity contribution in [2.75, 3.05) is 24.6 Å². The summed E-state index contributed by atoms with van der Waals surface area (Å²) in [4.78, 5) is 17.4. The van der Waals surface area contributed by atoms with Crippen molar-refractivity contribution >= 4 is 52.5 Å². The Balaban J connectivity index is 1.50. The zero-order chi connectivity index (χ0) is 26.5. The van der Waals surface area contributed by atoms with E-state index in [0.29, 0.717) is 41.2 Å². The van der Waals surface area contributed by atoms with Gasteiger partial charge < -0.3 is 10.2 Å². The molecule has 6 unspecified atom stereocenters. The molecule has 3 aromatic rings. The van der Waals surface area contributed by atoms with Gasteiger partial charge in [-0.1, -0.05) is 77.8 Å². The molecule has 0 aromatic heterocycles. The summed E-state index contributed by atoms with van der Waals surface area (Å²) in [5.74, 6) is 0.899. The monoisotopic (exact) mass is 585 g/mol. The summed E-state index contributed by atoms with van der Waals surface area (Å²) in [6.45, 7) is 1.48. The first kappa shape index (κ1) is 26.7. The first-order chi connectivity index (χ1) is 18.3. The van der Waals surface area contributed by atoms with Crippen LogP contribution >= 0.6 is 46.7 Å². The van der Waals surface area contributed by atoms with Crippen LogP contribution in [0.15, 0.2) is 78.9 Å². The molecule has 3 fully saturated rings. The van der Waals surface area contributed by atoms with Gasteiger partial charge in [-0.25, -0.2) is 0 Å². The third-order valence-corrected chi connectivity index (χ3v) is 11.9. The van der Waals surface area contributed by atoms with Crippen LogP contribution in [0.4, 0.5) is 0 Å². The van der Waals surface area contributed by atoms with E-state index in [1.165, 1.54) is 0 Å². The maximum absolute atomic E-state index is 15.1. The number of hydrogen-bond acceptors (Lipinski definition) is 6. The number of halogens is 2. The van der Waals surface area contributed by atoms with Gasteiger partial charge in [0.1, 0.15) is 0 Å². The fourth-order valence-electron chi connectivity index (χ4n) is 6.63. The number of Topliss-reactive ketones (excluding diaryl/α,β-unsaturated/α-hetero) is 1. The smallest absolute Gasteiger partial charge is 0.155 e. The van der Waals surface area contributed by atoms with Gasteiger partial charge in [-0.2, -0.15) is 0 Å². The van der Waals surface area contributed by atoms with E-state index >= 15 is 4.79 Å². The van der Waals surface area contributed by atoms with E-state index in [2.05, 4.69) is 17.0 Å². The first-order valence-corrected chi connectivity index (χ1v) is 15.6. The van der Waals surface area contributed by atoms with E-state index in [-0.39, 0.29) is 16.3 Å². The molecule has 3 heterocycles. The summed E-state index contributed by atoms with van der Waals surface area (Å²) in [7, 11) is 0. The SMILES string of the molecule is O=C1C2(CN(Cc3ccccc3)CC13C(O)CSC3c1ccc(Cl)cc1)C(O)CSC2c1ccc(Cl)cc1. The van der Waals surface area contributed by atoms with Crippen LogP contribution in [-0.4, -0.2) is 57.7 Å². The third-order valence-electron chi connectivity index (χ3n) is 8.38. The second-order valence-electron chi connectivity index (χ2n) is 10.6. The molecule has 3 aliphatic rings. The number of likely N-dealkylation sites (tertiary alicyclic amines) is 1. The Bertz CT molecular complexity index is 1230. The molecule has 0 saturated carbocycles. The molecule has 198 valence electrons. The number of aliphatic hydroxyl groups excluding tert-OH is 2. The van der Waals surface area contributed by atoms with Gasteiger partial charge in [0.2, 0.25) is 0 Å². The van der Waals surface area contributed by atoms with Gasteiger partial charge in [0, 0.05) is 51.7 Å². The van der Waals surface area contributed by atoms with Crippen LogP contribution in [0, 0.1) is 10.8 Å². The lowest BCUT2D eigenvalue weighted by Crippen LogP contribution is -2.67. The van der Waals surface area contributed by atoms with Crippen LogP contribution in [0.5, 0.6) is 0 Å². The highest BCUT2D eigenvalue weighted by Gasteiger charge is 2.70. The second-order valence-corrected chi connectivity index (χ2v) is 13.8. The predicted molar refractivity (Wildman–Crippen MR) is 157 cm³/mol. The molecule has 6 rings (SSSR count). The number of nitrogens with zero attached hydrogens (tertiary/aromatic N) is 1. The third kappa shape index (κ3) is 4.33. The van der Waals surface area contributed by atoms with E-state index in [1.54, 1.807) is 23.5 Å². The summed E-state index contributed by atoms with van der Waals surface area (Å²) in [6, 6.07) is 25.4. The van der Waals surface area contributed by atoms with Crippen molar-refractivity contribution in [1.29, 1.82) is 0 Å². The molecule has 38 heavy (non-hydrogen) atoms. The number of hydrogen-bond donors (Lipinski definition) is 2. The van der Waals surface area contributed by atoms with Crippen LogP contribution in [0.2, 0.25) is 10.0 Å². The Hall–Kier alpha value is -1.51. The minimum atomic E-state index is -1.07. The number of ketones is 1. The van der Waals surface area contributed by atoms with E-state index in [0.717, 1.165) is 16.7 Å². The maximum atomic E-state index is 15.1. The van der Waals surface area contributed by atoms with Gasteiger partial charge in [0.25, 0.3) is 0 Å². The van der Waals surface area contributed by atoms with E-state index in [4.69, 9.17) is 23.2 Å². The standard InChI is InChI=1S/C30H29Cl2NO3S2/c31-22-10-6-20(7-11-22)26-29(24(34)15-37-26)17-33(14-19-4-2-1-3-5-19)18-30(28(29)36)25(35)16-38-27(30)21-8-12-23(32)13-9-21/h1-13,24-27,34-35H,14-18H2. The highest BCUT2D eigenvalue weighted by molar-refractivity contribution is 8.00. The molecule has 2 spiro atoms. The molecule has 6 atom stereocenters. The molecule has 4 nitrogen and oxygen atoms in total. The first-order valence-electron chi connectivity index (χ1n) is 12.8. The Morgan fingerprint density at radius 2 is 1.18 bits per heavy atom. The lowest BCUT2D eigenvalue weighted by Gasteiger charge is -2.54. The van der Waals surface area contributed by atoms with Crippen LogP contribution < -0.4 is 0 Å². The van der Waals surface area contributed by atoms with Crippen molar-refractivity contribution in [1.82, 2.24) is 4.90 Å². The molecule has 0 aliphatic carbocycles. The number of aliphatic hydroxyl groups is 2. The quantitative estimate of drug-likeness (QED) is 0.389. The average Bonchev–Trinajstić information content (AvgIpc) is 3.41. The van der Waals surface area contributed by atoms with Gasteiger partial charge in [-0.15, -0.1) is 23.5 Å². The fourth-order valence-corrected chi connectivity index (χ4v) is 10.2. The van der Waals surface area contributed by atoms with Gasteiger partial charge >= 0.3 is 0 Å². The number of carbonyl (C=O) groups is 1. The van der Waals surface area contributed by atoms with Crippen LogP contribution in [0.25, 0.3) is 0 Å². The molecule has 8 heteroatoms. The molecule has 0 bridgehead atoms. The van der Waals surface area contributed by atoms with E-state index in [9.17, 15) is 10.2 Å². The summed E-state index contributed by atoms with van der Waals surface area (Å²) >= 11 is 15.7. The van der Waals surface area contributed by atoms with E-state index < -0.39 is 23.0 Å². The highest BCUT2D eigenvalue weighted by atomic mass is 35.5. The fraction of sp³-hybridized carbons (Fsp3) is 0.367. The lowest BCUT2D eigenvalue weighted by molar-refractivity contribution is -0.165. The van der Waals surface area contributed by atoms with Crippen LogP contribution in [0.3, 0.4) is 0 Å². The van der Waals surface area contributed by atoms with Crippen molar-refractivity contribution in [3.05, 3.63) is 106 Å². The molecular formula is C30H29Cl2NO3S2. The minimum absolute atomic E-state index is 0.0239. The number of thioether (sulfide) groups is 2. The largest absolute Gasteiger partial charge is 0.391 e. The molecule has 0 radical (unpaired) electrons. The molecule has 3 aromatic carbocycles. The zero-order valence-corrected chi connectivity index (χ0v) is 23.8. The second kappa shape index (κ2) is 10.5.